The Labute approximate surface area is 220 Å². The molecule has 0 aliphatic heterocycles. The lowest BCUT2D eigenvalue weighted by atomic mass is 10.0. The van der Waals surface area contributed by atoms with E-state index in [1.807, 2.05) is 21.1 Å². The number of hydrogen-bond acceptors (Lipinski definition) is 2. The average molecular weight is 517 g/mol. The Hall–Kier alpha value is -0.150. The van der Waals surface area contributed by atoms with Crippen molar-refractivity contribution in [3.05, 3.63) is 12.2 Å². The van der Waals surface area contributed by atoms with Crippen molar-refractivity contribution in [1.29, 1.82) is 0 Å². The Morgan fingerprint density at radius 3 is 1.46 bits per heavy atom. The van der Waals surface area contributed by atoms with Gasteiger partial charge in [-0.05, 0) is 38.5 Å². The van der Waals surface area contributed by atoms with Crippen LogP contribution < -0.4 is 0 Å². The number of rotatable bonds is 26. The first-order valence-corrected chi connectivity index (χ1v) is 16.8. The van der Waals surface area contributed by atoms with Gasteiger partial charge >= 0.3 is 7.60 Å². The molecule has 0 amide bonds. The standard InChI is InChI=1S/C30H62NO3P/c1-6-8-9-10-11-12-13-14-15-16-17-18-19-20-21-22-23-24-25-26-27-29-34-35(32,33)30(28-7-2)31(3,4)5/h11-12,30H,6-10,13-29H2,1-5H3/p+1/b12-11-. The highest BCUT2D eigenvalue weighted by molar-refractivity contribution is 7.53. The van der Waals surface area contributed by atoms with Gasteiger partial charge in [0.15, 0.2) is 5.78 Å². The Morgan fingerprint density at radius 1 is 0.657 bits per heavy atom. The highest BCUT2D eigenvalue weighted by Gasteiger charge is 2.41. The summed E-state index contributed by atoms with van der Waals surface area (Å²) in [6.07, 6.45) is 31.3. The van der Waals surface area contributed by atoms with Gasteiger partial charge in [-0.3, -0.25) is 4.57 Å². The summed E-state index contributed by atoms with van der Waals surface area (Å²) in [5.74, 6) is -0.333. The van der Waals surface area contributed by atoms with Gasteiger partial charge in [-0.25, -0.2) is 0 Å². The lowest BCUT2D eigenvalue weighted by Gasteiger charge is -2.35. The van der Waals surface area contributed by atoms with Crippen LogP contribution in [0.15, 0.2) is 12.2 Å². The fraction of sp³-hybridized carbons (Fsp3) is 0.933. The van der Waals surface area contributed by atoms with E-state index in [-0.39, 0.29) is 5.78 Å². The molecule has 2 unspecified atom stereocenters. The van der Waals surface area contributed by atoms with Crippen LogP contribution in [-0.2, 0) is 9.09 Å². The minimum atomic E-state index is -3.57. The molecule has 0 saturated carbocycles. The van der Waals surface area contributed by atoms with Crippen molar-refractivity contribution in [2.45, 2.75) is 154 Å². The minimum Gasteiger partial charge on any atom is -0.320 e. The van der Waals surface area contributed by atoms with Crippen LogP contribution in [0.2, 0.25) is 0 Å². The Balaban J connectivity index is 3.44. The van der Waals surface area contributed by atoms with Crippen molar-refractivity contribution in [1.82, 2.24) is 0 Å². The normalized spacial score (nSPS) is 15.0. The molecule has 2 atom stereocenters. The Kier molecular flexibility index (Phi) is 22.9. The average Bonchev–Trinajstić information content (AvgIpc) is 2.80. The van der Waals surface area contributed by atoms with Gasteiger partial charge in [-0.15, -0.1) is 0 Å². The second kappa shape index (κ2) is 23.0. The largest absolute Gasteiger partial charge is 0.385 e. The van der Waals surface area contributed by atoms with Crippen LogP contribution in [0.4, 0.5) is 0 Å². The van der Waals surface area contributed by atoms with E-state index in [0.29, 0.717) is 17.5 Å². The zero-order valence-electron chi connectivity index (χ0n) is 24.4. The second-order valence-corrected chi connectivity index (χ2v) is 13.5. The maximum atomic E-state index is 12.7. The van der Waals surface area contributed by atoms with Gasteiger partial charge in [0.1, 0.15) is 0 Å². The van der Waals surface area contributed by atoms with Crippen LogP contribution in [-0.4, -0.2) is 42.9 Å². The van der Waals surface area contributed by atoms with Gasteiger partial charge in [-0.2, -0.15) is 0 Å². The molecule has 0 aromatic heterocycles. The van der Waals surface area contributed by atoms with Crippen LogP contribution >= 0.6 is 7.60 Å². The van der Waals surface area contributed by atoms with Crippen LogP contribution in [0.5, 0.6) is 0 Å². The van der Waals surface area contributed by atoms with E-state index >= 15 is 0 Å². The molecule has 35 heavy (non-hydrogen) atoms. The maximum absolute atomic E-state index is 12.7. The monoisotopic (exact) mass is 516 g/mol. The number of nitrogens with zero attached hydrogens (tertiary/aromatic N) is 1. The van der Waals surface area contributed by atoms with Crippen molar-refractivity contribution in [3.63, 3.8) is 0 Å². The maximum Gasteiger partial charge on any atom is 0.385 e. The molecule has 0 aromatic rings. The number of allylic oxidation sites excluding steroid dienone is 2. The molecule has 0 fully saturated rings. The summed E-state index contributed by atoms with van der Waals surface area (Å²) in [5.41, 5.74) is 0. The first-order chi connectivity index (χ1) is 16.8. The van der Waals surface area contributed by atoms with Gasteiger partial charge < -0.3 is 13.9 Å². The topological polar surface area (TPSA) is 46.5 Å². The lowest BCUT2D eigenvalue weighted by Crippen LogP contribution is -2.45. The first kappa shape index (κ1) is 34.9. The van der Waals surface area contributed by atoms with Crippen molar-refractivity contribution >= 4 is 7.60 Å². The van der Waals surface area contributed by atoms with Gasteiger partial charge in [0, 0.05) is 6.42 Å². The van der Waals surface area contributed by atoms with Crippen molar-refractivity contribution in [2.75, 3.05) is 27.7 Å². The summed E-state index contributed by atoms with van der Waals surface area (Å²) in [7, 11) is 2.36. The molecule has 5 heteroatoms. The summed E-state index contributed by atoms with van der Waals surface area (Å²) in [6.45, 7) is 4.73. The molecular weight excluding hydrogens is 453 g/mol. The summed E-state index contributed by atoms with van der Waals surface area (Å²) in [4.78, 5) is 10.4. The molecule has 0 aliphatic rings. The third-order valence-corrected chi connectivity index (χ3v) is 9.26. The number of hydrogen-bond donors (Lipinski definition) is 1. The fourth-order valence-electron chi connectivity index (χ4n) is 4.76. The molecule has 0 bridgehead atoms. The molecule has 0 heterocycles. The van der Waals surface area contributed by atoms with Crippen LogP contribution in [0.1, 0.15) is 149 Å². The second-order valence-electron chi connectivity index (χ2n) is 11.5. The van der Waals surface area contributed by atoms with E-state index in [4.69, 9.17) is 4.52 Å². The fourth-order valence-corrected chi connectivity index (χ4v) is 6.78. The van der Waals surface area contributed by atoms with E-state index in [1.54, 1.807) is 0 Å². The Bertz CT molecular complexity index is 530. The van der Waals surface area contributed by atoms with E-state index in [9.17, 15) is 9.46 Å². The van der Waals surface area contributed by atoms with E-state index < -0.39 is 7.60 Å². The van der Waals surface area contributed by atoms with Crippen molar-refractivity contribution < 1.29 is 18.5 Å². The molecule has 210 valence electrons. The van der Waals surface area contributed by atoms with Crippen molar-refractivity contribution in [2.24, 2.45) is 0 Å². The van der Waals surface area contributed by atoms with E-state index in [2.05, 4.69) is 26.0 Å². The molecule has 0 rings (SSSR count). The molecular formula is C30H63NO3P+. The smallest absolute Gasteiger partial charge is 0.320 e. The van der Waals surface area contributed by atoms with Gasteiger partial charge in [-0.1, -0.05) is 116 Å². The van der Waals surface area contributed by atoms with Crippen LogP contribution in [0, 0.1) is 0 Å². The summed E-state index contributed by atoms with van der Waals surface area (Å²) < 4.78 is 18.6. The minimum absolute atomic E-state index is 0.333. The molecule has 0 radical (unpaired) electrons. The highest BCUT2D eigenvalue weighted by atomic mass is 31.2. The summed E-state index contributed by atoms with van der Waals surface area (Å²) >= 11 is 0. The summed E-state index contributed by atoms with van der Waals surface area (Å²) in [6, 6.07) is 0. The molecule has 1 N–H and O–H groups in total. The van der Waals surface area contributed by atoms with Gasteiger partial charge in [0.25, 0.3) is 0 Å². The van der Waals surface area contributed by atoms with Crippen molar-refractivity contribution in [3.8, 4) is 0 Å². The SMILES string of the molecule is CCCCC/C=C\CCCCCCCCCCCCCCCCOP(=O)(O)C(CCC)[N+](C)(C)C. The highest BCUT2D eigenvalue weighted by Crippen LogP contribution is 2.51. The molecule has 0 spiro atoms. The third kappa shape index (κ3) is 21.6. The molecule has 4 nitrogen and oxygen atoms in total. The zero-order chi connectivity index (χ0) is 26.3. The quantitative estimate of drug-likeness (QED) is 0.0538. The van der Waals surface area contributed by atoms with E-state index in [1.165, 1.54) is 109 Å². The van der Waals surface area contributed by atoms with Gasteiger partial charge in [0.2, 0.25) is 0 Å². The molecule has 0 saturated heterocycles. The lowest BCUT2D eigenvalue weighted by molar-refractivity contribution is -0.883. The van der Waals surface area contributed by atoms with E-state index in [0.717, 1.165) is 19.3 Å². The predicted octanol–water partition coefficient (Wildman–Crippen LogP) is 10.0. The van der Waals surface area contributed by atoms with Crippen LogP contribution in [0.3, 0.4) is 0 Å². The van der Waals surface area contributed by atoms with Gasteiger partial charge in [0.05, 0.1) is 27.7 Å². The molecule has 0 aliphatic carbocycles. The Morgan fingerprint density at radius 2 is 1.06 bits per heavy atom. The number of unbranched alkanes of at least 4 members (excludes halogenated alkanes) is 17. The first-order valence-electron chi connectivity index (χ1n) is 15.2. The predicted molar refractivity (Wildman–Crippen MR) is 155 cm³/mol. The van der Waals surface area contributed by atoms with Crippen LogP contribution in [0.25, 0.3) is 0 Å². The summed E-state index contributed by atoms with van der Waals surface area (Å²) in [5, 5.41) is 0. The molecule has 0 aromatic carbocycles. The number of quaternary nitrogens is 1. The third-order valence-electron chi connectivity index (χ3n) is 7.00. The zero-order valence-corrected chi connectivity index (χ0v) is 25.3.